The Morgan fingerprint density at radius 2 is 1.58 bits per heavy atom. The predicted octanol–water partition coefficient (Wildman–Crippen LogP) is 2.89. The van der Waals surface area contributed by atoms with Crippen LogP contribution in [0.4, 0.5) is 0 Å². The smallest absolute Gasteiger partial charge is 0.308 e. The number of esters is 1. The normalized spacial score (nSPS) is 17.6. The number of hydrogen-bond donors (Lipinski definition) is 7. The lowest BCUT2D eigenvalue weighted by atomic mass is 9.93. The SMILES string of the molecule is O=C(C[C@@H](O)CCc1ccc(O)c(O)c1)O[C@H]1Cc2c(O)cc(O)cc2O[C@@H]1c1ccc(O)c(O)c1. The monoisotopic (exact) mass is 498 g/mol. The second-order valence-electron chi connectivity index (χ2n) is 8.68. The van der Waals surface area contributed by atoms with Gasteiger partial charge in [-0.05, 0) is 42.7 Å². The number of ether oxygens (including phenoxy) is 2. The first-order valence-corrected chi connectivity index (χ1v) is 11.2. The van der Waals surface area contributed by atoms with Gasteiger partial charge in [-0.25, -0.2) is 0 Å². The lowest BCUT2D eigenvalue weighted by molar-refractivity contribution is -0.157. The van der Waals surface area contributed by atoms with Gasteiger partial charge in [-0.3, -0.25) is 4.79 Å². The zero-order valence-corrected chi connectivity index (χ0v) is 19.0. The van der Waals surface area contributed by atoms with Crippen LogP contribution in [0.25, 0.3) is 0 Å². The van der Waals surface area contributed by atoms with Crippen molar-refractivity contribution >= 4 is 5.97 Å². The summed E-state index contributed by atoms with van der Waals surface area (Å²) in [5.74, 6) is -2.28. The molecule has 0 unspecified atom stereocenters. The van der Waals surface area contributed by atoms with E-state index in [2.05, 4.69) is 0 Å². The van der Waals surface area contributed by atoms with E-state index < -0.39 is 30.0 Å². The lowest BCUT2D eigenvalue weighted by Gasteiger charge is -2.34. The van der Waals surface area contributed by atoms with Gasteiger partial charge in [0.05, 0.1) is 12.5 Å². The first kappa shape index (κ1) is 24.8. The van der Waals surface area contributed by atoms with E-state index in [-0.39, 0.29) is 53.8 Å². The fourth-order valence-electron chi connectivity index (χ4n) is 4.12. The Morgan fingerprint density at radius 3 is 2.28 bits per heavy atom. The van der Waals surface area contributed by atoms with Crippen LogP contribution in [0, 0.1) is 0 Å². The molecule has 3 aromatic carbocycles. The van der Waals surface area contributed by atoms with Crippen molar-refractivity contribution in [3.05, 3.63) is 65.2 Å². The molecule has 0 aliphatic carbocycles. The van der Waals surface area contributed by atoms with Crippen LogP contribution in [-0.4, -0.2) is 53.9 Å². The molecule has 7 N–H and O–H groups in total. The molecule has 0 radical (unpaired) electrons. The van der Waals surface area contributed by atoms with E-state index in [4.69, 9.17) is 9.47 Å². The number of rotatable bonds is 7. The summed E-state index contributed by atoms with van der Waals surface area (Å²) in [6, 6.07) is 10.8. The van der Waals surface area contributed by atoms with Crippen molar-refractivity contribution in [1.82, 2.24) is 0 Å². The van der Waals surface area contributed by atoms with Gasteiger partial charge in [0.1, 0.15) is 23.4 Å². The quantitative estimate of drug-likeness (QED) is 0.189. The maximum atomic E-state index is 12.7. The van der Waals surface area contributed by atoms with Gasteiger partial charge in [0.25, 0.3) is 0 Å². The van der Waals surface area contributed by atoms with Crippen LogP contribution in [-0.2, 0) is 22.4 Å². The van der Waals surface area contributed by atoms with Crippen LogP contribution >= 0.6 is 0 Å². The number of aromatic hydroxyl groups is 6. The molecule has 10 nitrogen and oxygen atoms in total. The number of aliphatic hydroxyl groups is 1. The van der Waals surface area contributed by atoms with Gasteiger partial charge in [0.15, 0.2) is 29.1 Å². The first-order valence-electron chi connectivity index (χ1n) is 11.2. The summed E-state index contributed by atoms with van der Waals surface area (Å²) >= 11 is 0. The summed E-state index contributed by atoms with van der Waals surface area (Å²) in [6.45, 7) is 0. The highest BCUT2D eigenvalue weighted by atomic mass is 16.6. The third-order valence-electron chi connectivity index (χ3n) is 5.99. The maximum absolute atomic E-state index is 12.7. The third-order valence-corrected chi connectivity index (χ3v) is 5.99. The highest BCUT2D eigenvalue weighted by Crippen LogP contribution is 2.44. The van der Waals surface area contributed by atoms with E-state index in [1.54, 1.807) is 6.07 Å². The molecular formula is C26H26O10. The summed E-state index contributed by atoms with van der Waals surface area (Å²) in [5.41, 5.74) is 1.36. The molecule has 1 aliphatic heterocycles. The van der Waals surface area contributed by atoms with Crippen molar-refractivity contribution in [2.75, 3.05) is 0 Å². The van der Waals surface area contributed by atoms with Gasteiger partial charge >= 0.3 is 5.97 Å². The number of phenolic OH excluding ortho intramolecular Hbond substituents is 6. The molecule has 0 fully saturated rings. The number of aryl methyl sites for hydroxylation is 1. The fourth-order valence-corrected chi connectivity index (χ4v) is 4.12. The molecule has 0 spiro atoms. The summed E-state index contributed by atoms with van der Waals surface area (Å²) in [4.78, 5) is 12.7. The second kappa shape index (κ2) is 10.1. The zero-order valence-electron chi connectivity index (χ0n) is 19.0. The second-order valence-corrected chi connectivity index (χ2v) is 8.68. The third kappa shape index (κ3) is 5.49. The van der Waals surface area contributed by atoms with E-state index in [1.807, 2.05) is 0 Å². The molecule has 0 bridgehead atoms. The van der Waals surface area contributed by atoms with E-state index in [1.165, 1.54) is 36.4 Å². The fraction of sp³-hybridized carbons (Fsp3) is 0.269. The highest BCUT2D eigenvalue weighted by molar-refractivity contribution is 5.70. The molecule has 1 heterocycles. The Bertz CT molecular complexity index is 1270. The van der Waals surface area contributed by atoms with Crippen molar-refractivity contribution in [3.63, 3.8) is 0 Å². The molecule has 3 atom stereocenters. The van der Waals surface area contributed by atoms with Crippen LogP contribution in [0.2, 0.25) is 0 Å². The molecule has 36 heavy (non-hydrogen) atoms. The lowest BCUT2D eigenvalue weighted by Crippen LogP contribution is -2.35. The summed E-state index contributed by atoms with van der Waals surface area (Å²) in [5, 5.41) is 69.0. The molecule has 0 saturated heterocycles. The molecule has 190 valence electrons. The topological polar surface area (TPSA) is 177 Å². The minimum absolute atomic E-state index is 0.0301. The van der Waals surface area contributed by atoms with Crippen molar-refractivity contribution in [1.29, 1.82) is 0 Å². The van der Waals surface area contributed by atoms with E-state index >= 15 is 0 Å². The Labute approximate surface area is 205 Å². The van der Waals surface area contributed by atoms with Crippen LogP contribution in [0.5, 0.6) is 40.2 Å². The highest BCUT2D eigenvalue weighted by Gasteiger charge is 2.36. The van der Waals surface area contributed by atoms with E-state index in [9.17, 15) is 40.5 Å². The summed E-state index contributed by atoms with van der Waals surface area (Å²) in [6.07, 6.45) is -2.71. The van der Waals surface area contributed by atoms with Crippen LogP contribution in [0.15, 0.2) is 48.5 Å². The van der Waals surface area contributed by atoms with E-state index in [0.717, 1.165) is 6.07 Å². The average molecular weight is 498 g/mol. The van der Waals surface area contributed by atoms with Gasteiger partial charge in [0, 0.05) is 29.7 Å². The molecule has 3 aromatic rings. The minimum atomic E-state index is -1.05. The van der Waals surface area contributed by atoms with Crippen molar-refractivity contribution < 1.29 is 50.0 Å². The average Bonchev–Trinajstić information content (AvgIpc) is 2.81. The first-order chi connectivity index (χ1) is 17.1. The molecule has 10 heteroatoms. The maximum Gasteiger partial charge on any atom is 0.308 e. The van der Waals surface area contributed by atoms with Crippen molar-refractivity contribution in [2.24, 2.45) is 0 Å². The minimum Gasteiger partial charge on any atom is -0.508 e. The molecule has 0 aromatic heterocycles. The molecule has 1 aliphatic rings. The standard InChI is InChI=1S/C26H26O10/c27-15(4-1-13-2-5-18(29)21(32)7-13)11-25(34)35-24-12-17-20(31)9-16(28)10-23(17)36-26(24)14-3-6-19(30)22(33)8-14/h2-3,5-10,15,24,26-33H,1,4,11-12H2/t15-,24-,26+/m0/s1. The molecule has 0 saturated carbocycles. The van der Waals surface area contributed by atoms with Crippen molar-refractivity contribution in [2.45, 2.75) is 44.0 Å². The Kier molecular flexibility index (Phi) is 6.98. The van der Waals surface area contributed by atoms with Crippen LogP contribution < -0.4 is 4.74 Å². The van der Waals surface area contributed by atoms with Gasteiger partial charge < -0.3 is 45.2 Å². The Morgan fingerprint density at radius 1 is 0.889 bits per heavy atom. The summed E-state index contributed by atoms with van der Waals surface area (Å²) < 4.78 is 11.5. The van der Waals surface area contributed by atoms with Gasteiger partial charge in [0.2, 0.25) is 0 Å². The molecular weight excluding hydrogens is 472 g/mol. The number of benzene rings is 3. The molecule has 4 rings (SSSR count). The Hall–Kier alpha value is -4.31. The van der Waals surface area contributed by atoms with Crippen LogP contribution in [0.1, 0.15) is 35.6 Å². The Balaban J connectivity index is 1.47. The molecule has 0 amide bonds. The largest absolute Gasteiger partial charge is 0.508 e. The van der Waals surface area contributed by atoms with Gasteiger partial charge in [-0.2, -0.15) is 0 Å². The zero-order chi connectivity index (χ0) is 26.0. The number of carbonyl (C=O) groups is 1. The van der Waals surface area contributed by atoms with Crippen molar-refractivity contribution in [3.8, 4) is 40.2 Å². The van der Waals surface area contributed by atoms with Gasteiger partial charge in [-0.1, -0.05) is 12.1 Å². The number of carbonyl (C=O) groups excluding carboxylic acids is 1. The van der Waals surface area contributed by atoms with E-state index in [0.29, 0.717) is 23.1 Å². The number of fused-ring (bicyclic) bond motifs is 1. The predicted molar refractivity (Wildman–Crippen MR) is 125 cm³/mol. The van der Waals surface area contributed by atoms with Gasteiger partial charge in [-0.15, -0.1) is 0 Å². The van der Waals surface area contributed by atoms with Crippen LogP contribution in [0.3, 0.4) is 0 Å². The number of hydrogen-bond acceptors (Lipinski definition) is 10. The number of aliphatic hydroxyl groups excluding tert-OH is 1. The number of phenols is 6. The summed E-state index contributed by atoms with van der Waals surface area (Å²) in [7, 11) is 0.